The predicted molar refractivity (Wildman–Crippen MR) is 156 cm³/mol. The van der Waals surface area contributed by atoms with Crippen LogP contribution in [0.25, 0.3) is 0 Å². The lowest BCUT2D eigenvalue weighted by Crippen LogP contribution is -2.39. The third-order valence-electron chi connectivity index (χ3n) is 5.09. The van der Waals surface area contributed by atoms with Crippen molar-refractivity contribution in [3.8, 4) is 5.75 Å². The van der Waals surface area contributed by atoms with Gasteiger partial charge in [0.15, 0.2) is 6.61 Å². The number of nitrogens with zero attached hydrogens (tertiary/aromatic N) is 2. The van der Waals surface area contributed by atoms with Crippen molar-refractivity contribution in [3.63, 3.8) is 0 Å². The number of carbonyl (C=O) groups excluding carboxylic acids is 2. The van der Waals surface area contributed by atoms with Gasteiger partial charge >= 0.3 is 5.97 Å². The second kappa shape index (κ2) is 13.2. The molecule has 0 fully saturated rings. The number of amides is 1. The highest BCUT2D eigenvalue weighted by atomic mass is 35.5. The third-order valence-corrected chi connectivity index (χ3v) is 7.32. The third kappa shape index (κ3) is 9.25. The van der Waals surface area contributed by atoms with Crippen molar-refractivity contribution in [1.29, 1.82) is 0 Å². The van der Waals surface area contributed by atoms with Gasteiger partial charge in [-0.25, -0.2) is 18.6 Å². The quantitative estimate of drug-likeness (QED) is 0.189. The molecule has 212 valence electrons. The number of rotatable bonds is 10. The molecule has 0 spiro atoms. The molecule has 12 heteroatoms. The molecule has 0 bridgehead atoms. The van der Waals surface area contributed by atoms with E-state index >= 15 is 0 Å². The van der Waals surface area contributed by atoms with Crippen LogP contribution in [-0.2, 0) is 24.3 Å². The van der Waals surface area contributed by atoms with Crippen molar-refractivity contribution in [2.75, 3.05) is 17.5 Å². The van der Waals surface area contributed by atoms with Crippen LogP contribution in [0.15, 0.2) is 76.7 Å². The molecule has 0 unspecified atom stereocenters. The Morgan fingerprint density at radius 1 is 0.975 bits per heavy atom. The van der Waals surface area contributed by atoms with Crippen molar-refractivity contribution in [1.82, 2.24) is 5.43 Å². The zero-order valence-corrected chi connectivity index (χ0v) is 24.7. The predicted octanol–water partition coefficient (Wildman–Crippen LogP) is 5.37. The minimum absolute atomic E-state index is 0.000485. The summed E-state index contributed by atoms with van der Waals surface area (Å²) in [6.45, 7) is 6.32. The fourth-order valence-corrected chi connectivity index (χ4v) is 5.26. The number of esters is 1. The number of hydrogen-bond acceptors (Lipinski definition) is 7. The molecule has 0 aliphatic carbocycles. The average molecular weight is 607 g/mol. The Bertz CT molecular complexity index is 1470. The molecule has 1 amide bonds. The van der Waals surface area contributed by atoms with Gasteiger partial charge in [0.1, 0.15) is 17.9 Å². The number of aryl methyl sites for hydroxylation is 1. The number of benzene rings is 3. The lowest BCUT2D eigenvalue weighted by Gasteiger charge is -2.24. The number of hydrogen-bond donors (Lipinski definition) is 1. The van der Waals surface area contributed by atoms with Gasteiger partial charge in [-0.3, -0.25) is 9.10 Å². The average Bonchev–Trinajstić information content (AvgIpc) is 2.85. The largest absolute Gasteiger partial charge is 0.482 e. The Morgan fingerprint density at radius 2 is 1.57 bits per heavy atom. The topological polar surface area (TPSA) is 114 Å². The van der Waals surface area contributed by atoms with Gasteiger partial charge in [-0.05, 0) is 87.9 Å². The van der Waals surface area contributed by atoms with Gasteiger partial charge in [0.2, 0.25) is 0 Å². The van der Waals surface area contributed by atoms with Crippen molar-refractivity contribution >= 4 is 57.0 Å². The van der Waals surface area contributed by atoms with Crippen LogP contribution in [0.4, 0.5) is 5.69 Å². The minimum atomic E-state index is -4.15. The van der Waals surface area contributed by atoms with E-state index in [2.05, 4.69) is 10.5 Å². The number of hydrazone groups is 1. The van der Waals surface area contributed by atoms with Crippen LogP contribution in [0.1, 0.15) is 31.9 Å². The molecule has 0 saturated heterocycles. The number of carbonyl (C=O) groups is 2. The molecular weight excluding hydrogens is 577 g/mol. The first-order valence-electron chi connectivity index (χ1n) is 12.0. The summed E-state index contributed by atoms with van der Waals surface area (Å²) in [6.07, 6.45) is 1.38. The Morgan fingerprint density at radius 3 is 2.15 bits per heavy atom. The van der Waals surface area contributed by atoms with Gasteiger partial charge in [0, 0.05) is 10.0 Å². The minimum Gasteiger partial charge on any atom is -0.482 e. The van der Waals surface area contributed by atoms with Crippen LogP contribution < -0.4 is 14.5 Å². The Hall–Kier alpha value is -3.60. The van der Waals surface area contributed by atoms with E-state index in [4.69, 9.17) is 32.7 Å². The van der Waals surface area contributed by atoms with Gasteiger partial charge < -0.3 is 9.47 Å². The normalized spacial score (nSPS) is 11.8. The second-order valence-corrected chi connectivity index (χ2v) is 12.4. The summed E-state index contributed by atoms with van der Waals surface area (Å²) in [5.74, 6) is -0.733. The van der Waals surface area contributed by atoms with Gasteiger partial charge in [-0.2, -0.15) is 5.10 Å². The maximum absolute atomic E-state index is 13.5. The molecule has 0 saturated carbocycles. The van der Waals surface area contributed by atoms with Crippen LogP contribution in [0, 0.1) is 6.92 Å². The summed E-state index contributed by atoms with van der Waals surface area (Å²) < 4.78 is 38.5. The van der Waals surface area contributed by atoms with E-state index in [1.54, 1.807) is 57.2 Å². The van der Waals surface area contributed by atoms with E-state index in [0.717, 1.165) is 9.87 Å². The van der Waals surface area contributed by atoms with Gasteiger partial charge in [-0.15, -0.1) is 0 Å². The Labute approximate surface area is 243 Å². The molecule has 0 atom stereocenters. The fraction of sp³-hybridized carbons (Fsp3) is 0.250. The molecule has 0 heterocycles. The fourth-order valence-electron chi connectivity index (χ4n) is 3.34. The highest BCUT2D eigenvalue weighted by molar-refractivity contribution is 7.92. The maximum Gasteiger partial charge on any atom is 0.344 e. The van der Waals surface area contributed by atoms with Crippen molar-refractivity contribution in [2.45, 2.75) is 38.2 Å². The lowest BCUT2D eigenvalue weighted by atomic mass is 10.2. The molecule has 1 N–H and O–H groups in total. The standard InChI is InChI=1S/C28H29Cl2N3O6S/c1-19-5-11-25(12-6-19)40(36,37)33(23-14-21(29)13-22(30)15-23)17-26(34)32-31-16-20-7-9-24(10-8-20)38-18-27(35)39-28(2,3)4/h5-16H,17-18H2,1-4H3,(H,32,34)/b31-16-. The van der Waals surface area contributed by atoms with Crippen LogP contribution in [0.5, 0.6) is 5.75 Å². The van der Waals surface area contributed by atoms with Crippen molar-refractivity contribution < 1.29 is 27.5 Å². The summed E-state index contributed by atoms with van der Waals surface area (Å²) in [5.41, 5.74) is 3.36. The van der Waals surface area contributed by atoms with E-state index in [-0.39, 0.29) is 27.2 Å². The number of nitrogens with one attached hydrogen (secondary N) is 1. The van der Waals surface area contributed by atoms with E-state index in [9.17, 15) is 18.0 Å². The van der Waals surface area contributed by atoms with Gasteiger partial charge in [-0.1, -0.05) is 40.9 Å². The molecule has 0 radical (unpaired) electrons. The Balaban J connectivity index is 1.68. The highest BCUT2D eigenvalue weighted by Gasteiger charge is 2.28. The molecule has 3 aromatic carbocycles. The Kier molecular flexibility index (Phi) is 10.2. The summed E-state index contributed by atoms with van der Waals surface area (Å²) in [5, 5.41) is 4.34. The van der Waals surface area contributed by atoms with Crippen LogP contribution in [-0.4, -0.2) is 45.3 Å². The molecule has 40 heavy (non-hydrogen) atoms. The first kappa shape index (κ1) is 30.9. The van der Waals surface area contributed by atoms with E-state index in [1.807, 2.05) is 6.92 Å². The maximum atomic E-state index is 13.5. The zero-order valence-electron chi connectivity index (χ0n) is 22.4. The van der Waals surface area contributed by atoms with E-state index in [1.165, 1.54) is 36.5 Å². The molecule has 3 rings (SSSR count). The van der Waals surface area contributed by atoms with Gasteiger partial charge in [0.25, 0.3) is 15.9 Å². The molecule has 0 aliphatic heterocycles. The first-order valence-corrected chi connectivity index (χ1v) is 14.2. The SMILES string of the molecule is Cc1ccc(S(=O)(=O)N(CC(=O)N/N=C\c2ccc(OCC(=O)OC(C)(C)C)cc2)c2cc(Cl)cc(Cl)c2)cc1. The summed E-state index contributed by atoms with van der Waals surface area (Å²) in [7, 11) is -4.15. The van der Waals surface area contributed by atoms with Crippen LogP contribution >= 0.6 is 23.2 Å². The molecule has 0 aliphatic rings. The first-order chi connectivity index (χ1) is 18.7. The summed E-state index contributed by atoms with van der Waals surface area (Å²) in [4.78, 5) is 24.6. The van der Waals surface area contributed by atoms with Crippen LogP contribution in [0.2, 0.25) is 10.0 Å². The van der Waals surface area contributed by atoms with Crippen molar-refractivity contribution in [2.24, 2.45) is 5.10 Å². The molecular formula is C28H29Cl2N3O6S. The van der Waals surface area contributed by atoms with E-state index < -0.39 is 34.0 Å². The molecule has 3 aromatic rings. The van der Waals surface area contributed by atoms with Gasteiger partial charge in [0.05, 0.1) is 16.8 Å². The monoisotopic (exact) mass is 605 g/mol. The zero-order chi connectivity index (χ0) is 29.5. The number of ether oxygens (including phenoxy) is 2. The number of halogens is 2. The summed E-state index contributed by atoms with van der Waals surface area (Å²) in [6, 6.07) is 17.1. The lowest BCUT2D eigenvalue weighted by molar-refractivity contribution is -0.157. The van der Waals surface area contributed by atoms with E-state index in [0.29, 0.717) is 11.3 Å². The highest BCUT2D eigenvalue weighted by Crippen LogP contribution is 2.29. The smallest absolute Gasteiger partial charge is 0.344 e. The summed E-state index contributed by atoms with van der Waals surface area (Å²) >= 11 is 12.2. The number of sulfonamides is 1. The number of anilines is 1. The van der Waals surface area contributed by atoms with Crippen molar-refractivity contribution in [3.05, 3.63) is 87.9 Å². The van der Waals surface area contributed by atoms with Crippen LogP contribution in [0.3, 0.4) is 0 Å². The molecule has 9 nitrogen and oxygen atoms in total. The molecule has 0 aromatic heterocycles. The second-order valence-electron chi connectivity index (χ2n) is 9.69.